The van der Waals surface area contributed by atoms with Crippen molar-refractivity contribution >= 4 is 6.09 Å². The van der Waals surface area contributed by atoms with Gasteiger partial charge in [-0.1, -0.05) is 36.4 Å². The zero-order valence-electron chi connectivity index (χ0n) is 11.3. The fourth-order valence-corrected chi connectivity index (χ4v) is 2.06. The summed E-state index contributed by atoms with van der Waals surface area (Å²) in [5.41, 5.74) is 0.664. The Morgan fingerprint density at radius 2 is 1.94 bits per heavy atom. The highest BCUT2D eigenvalue weighted by Crippen LogP contribution is 2.20. The molecule has 98 valence electrons. The van der Waals surface area contributed by atoms with Gasteiger partial charge in [-0.3, -0.25) is 4.90 Å². The Hall–Kier alpha value is -1.77. The van der Waals surface area contributed by atoms with E-state index in [-0.39, 0.29) is 6.04 Å². The molecule has 0 radical (unpaired) electrons. The molecule has 0 bridgehead atoms. The van der Waals surface area contributed by atoms with Gasteiger partial charge in [0.2, 0.25) is 0 Å². The van der Waals surface area contributed by atoms with Crippen molar-refractivity contribution in [1.29, 1.82) is 0 Å². The second kappa shape index (κ2) is 5.71. The van der Waals surface area contributed by atoms with Crippen molar-refractivity contribution in [2.75, 3.05) is 0 Å². The third-order valence-corrected chi connectivity index (χ3v) is 2.82. The van der Waals surface area contributed by atoms with E-state index < -0.39 is 11.6 Å². The van der Waals surface area contributed by atoms with Gasteiger partial charge < -0.3 is 5.11 Å². The molecule has 0 heterocycles. The highest BCUT2D eigenvalue weighted by Gasteiger charge is 2.31. The summed E-state index contributed by atoms with van der Waals surface area (Å²) in [6.45, 7) is 9.44. The summed E-state index contributed by atoms with van der Waals surface area (Å²) in [7, 11) is 0. The number of hydrogen-bond donors (Lipinski definition) is 1. The van der Waals surface area contributed by atoms with Crippen LogP contribution in [0.3, 0.4) is 0 Å². The number of carboxylic acid groups (broad SMARTS) is 1. The molecule has 1 rings (SSSR count). The average molecular weight is 247 g/mol. The van der Waals surface area contributed by atoms with E-state index in [1.165, 1.54) is 4.90 Å². The van der Waals surface area contributed by atoms with Crippen LogP contribution in [0, 0.1) is 0 Å². The molecule has 1 atom stereocenters. The van der Waals surface area contributed by atoms with Gasteiger partial charge in [-0.15, -0.1) is 6.58 Å². The lowest BCUT2D eigenvalue weighted by Crippen LogP contribution is -2.51. The van der Waals surface area contributed by atoms with Crippen LogP contribution in [0.2, 0.25) is 0 Å². The maximum absolute atomic E-state index is 11.4. The van der Waals surface area contributed by atoms with E-state index in [0.717, 1.165) is 5.56 Å². The second-order valence-electron chi connectivity index (χ2n) is 5.32. The van der Waals surface area contributed by atoms with E-state index >= 15 is 0 Å². The Morgan fingerprint density at radius 3 is 2.33 bits per heavy atom. The predicted octanol–water partition coefficient (Wildman–Crippen LogP) is 3.56. The summed E-state index contributed by atoms with van der Waals surface area (Å²) < 4.78 is 0. The molecule has 0 aromatic heterocycles. The molecule has 1 amide bonds. The molecular weight excluding hydrogens is 226 g/mol. The maximum Gasteiger partial charge on any atom is 0.408 e. The second-order valence-corrected chi connectivity index (χ2v) is 5.32. The highest BCUT2D eigenvalue weighted by molar-refractivity contribution is 5.67. The summed E-state index contributed by atoms with van der Waals surface area (Å²) >= 11 is 0. The van der Waals surface area contributed by atoms with E-state index in [1.54, 1.807) is 6.08 Å². The van der Waals surface area contributed by atoms with Gasteiger partial charge >= 0.3 is 6.09 Å². The zero-order chi connectivity index (χ0) is 13.8. The van der Waals surface area contributed by atoms with Gasteiger partial charge in [0.25, 0.3) is 0 Å². The van der Waals surface area contributed by atoms with Gasteiger partial charge in [0.1, 0.15) is 0 Å². The van der Waals surface area contributed by atoms with Crippen molar-refractivity contribution in [3.05, 3.63) is 48.6 Å². The minimum Gasteiger partial charge on any atom is -0.465 e. The van der Waals surface area contributed by atoms with Crippen molar-refractivity contribution in [1.82, 2.24) is 4.90 Å². The van der Waals surface area contributed by atoms with E-state index in [0.29, 0.717) is 6.42 Å². The van der Waals surface area contributed by atoms with Gasteiger partial charge in [0, 0.05) is 5.54 Å². The molecule has 0 aliphatic rings. The number of rotatable bonds is 4. The van der Waals surface area contributed by atoms with Gasteiger partial charge in [-0.2, -0.15) is 0 Å². The number of amides is 1. The van der Waals surface area contributed by atoms with E-state index in [4.69, 9.17) is 0 Å². The number of benzene rings is 1. The van der Waals surface area contributed by atoms with Gasteiger partial charge in [0.15, 0.2) is 0 Å². The molecule has 0 saturated carbocycles. The van der Waals surface area contributed by atoms with Crippen LogP contribution in [0.1, 0.15) is 26.3 Å². The molecule has 0 aliphatic carbocycles. The lowest BCUT2D eigenvalue weighted by atomic mass is 9.98. The molecule has 0 aliphatic heterocycles. The molecule has 3 nitrogen and oxygen atoms in total. The van der Waals surface area contributed by atoms with Crippen LogP contribution in [0.4, 0.5) is 4.79 Å². The van der Waals surface area contributed by atoms with Crippen LogP contribution >= 0.6 is 0 Å². The Bertz CT molecular complexity index is 406. The van der Waals surface area contributed by atoms with Crippen molar-refractivity contribution in [3.8, 4) is 0 Å². The normalized spacial score (nSPS) is 12.8. The first-order chi connectivity index (χ1) is 8.36. The Labute approximate surface area is 109 Å². The minimum atomic E-state index is -0.914. The third kappa shape index (κ3) is 3.62. The zero-order valence-corrected chi connectivity index (χ0v) is 11.3. The van der Waals surface area contributed by atoms with E-state index in [9.17, 15) is 9.90 Å². The molecule has 3 heteroatoms. The van der Waals surface area contributed by atoms with Crippen LogP contribution in [0.15, 0.2) is 43.0 Å². The van der Waals surface area contributed by atoms with Crippen molar-refractivity contribution in [2.45, 2.75) is 38.8 Å². The van der Waals surface area contributed by atoms with Crippen LogP contribution in [-0.2, 0) is 6.42 Å². The van der Waals surface area contributed by atoms with Gasteiger partial charge in [0.05, 0.1) is 6.04 Å². The SMILES string of the molecule is C=C[C@H](Cc1ccccc1)N(C(=O)O)C(C)(C)C. The number of hydrogen-bond acceptors (Lipinski definition) is 1. The summed E-state index contributed by atoms with van der Waals surface area (Å²) in [4.78, 5) is 12.9. The average Bonchev–Trinajstić information content (AvgIpc) is 2.27. The number of carbonyl (C=O) groups is 1. The first-order valence-electron chi connectivity index (χ1n) is 6.05. The fraction of sp³-hybridized carbons (Fsp3) is 0.400. The highest BCUT2D eigenvalue weighted by atomic mass is 16.4. The van der Waals surface area contributed by atoms with E-state index in [2.05, 4.69) is 6.58 Å². The van der Waals surface area contributed by atoms with Gasteiger partial charge in [-0.05, 0) is 32.8 Å². The quantitative estimate of drug-likeness (QED) is 0.826. The summed E-state index contributed by atoms with van der Waals surface area (Å²) in [5.74, 6) is 0. The lowest BCUT2D eigenvalue weighted by molar-refractivity contribution is 0.0833. The first-order valence-corrected chi connectivity index (χ1v) is 6.05. The molecule has 1 aromatic carbocycles. The lowest BCUT2D eigenvalue weighted by Gasteiger charge is -2.38. The van der Waals surface area contributed by atoms with Gasteiger partial charge in [-0.25, -0.2) is 4.79 Å². The topological polar surface area (TPSA) is 40.5 Å². The monoisotopic (exact) mass is 247 g/mol. The first kappa shape index (κ1) is 14.3. The molecule has 0 unspecified atom stereocenters. The predicted molar refractivity (Wildman–Crippen MR) is 73.7 cm³/mol. The van der Waals surface area contributed by atoms with Crippen molar-refractivity contribution in [2.24, 2.45) is 0 Å². The van der Waals surface area contributed by atoms with Crippen molar-refractivity contribution < 1.29 is 9.90 Å². The third-order valence-electron chi connectivity index (χ3n) is 2.82. The summed E-state index contributed by atoms with van der Waals surface area (Å²) in [6.07, 6.45) is 1.43. The Kier molecular flexibility index (Phi) is 4.54. The Balaban J connectivity index is 2.94. The molecule has 1 aromatic rings. The van der Waals surface area contributed by atoms with Crippen LogP contribution in [0.5, 0.6) is 0 Å². The van der Waals surface area contributed by atoms with Crippen LogP contribution < -0.4 is 0 Å². The minimum absolute atomic E-state index is 0.218. The molecule has 0 fully saturated rings. The molecule has 0 spiro atoms. The summed E-state index contributed by atoms with van der Waals surface area (Å²) in [5, 5.41) is 9.37. The number of nitrogens with zero attached hydrogens (tertiary/aromatic N) is 1. The molecule has 1 N–H and O–H groups in total. The van der Waals surface area contributed by atoms with Crippen molar-refractivity contribution in [3.63, 3.8) is 0 Å². The maximum atomic E-state index is 11.4. The van der Waals surface area contributed by atoms with Crippen LogP contribution in [-0.4, -0.2) is 27.7 Å². The smallest absolute Gasteiger partial charge is 0.408 e. The molecular formula is C15H21NO2. The largest absolute Gasteiger partial charge is 0.465 e. The fourth-order valence-electron chi connectivity index (χ4n) is 2.06. The molecule has 18 heavy (non-hydrogen) atoms. The summed E-state index contributed by atoms with van der Waals surface area (Å²) in [6, 6.07) is 9.64. The Morgan fingerprint density at radius 1 is 1.39 bits per heavy atom. The standard InChI is InChI=1S/C15H21NO2/c1-5-13(11-12-9-7-6-8-10-12)16(14(17)18)15(2,3)4/h5-10,13H,1,11H2,2-4H3,(H,17,18)/t13-/m1/s1. The molecule has 0 saturated heterocycles. The van der Waals surface area contributed by atoms with Crippen LogP contribution in [0.25, 0.3) is 0 Å². The van der Waals surface area contributed by atoms with E-state index in [1.807, 2.05) is 51.1 Å².